The average Bonchev–Trinajstić information content (AvgIpc) is 2.67. The van der Waals surface area contributed by atoms with E-state index >= 15 is 0 Å². The molecule has 178 valence electrons. The van der Waals surface area contributed by atoms with Crippen LogP contribution in [-0.2, 0) is 16.6 Å². The second kappa shape index (κ2) is 13.2. The molecule has 0 heterocycles. The molecule has 1 aromatic carbocycles. The van der Waals surface area contributed by atoms with Gasteiger partial charge in [0.25, 0.3) is 0 Å². The highest BCUT2D eigenvalue weighted by atomic mass is 16.3. The number of unbranched alkanes of at least 4 members (excludes halogenated alkanes) is 1. The van der Waals surface area contributed by atoms with Crippen molar-refractivity contribution >= 4 is 5.91 Å². The minimum atomic E-state index is -0.662. The monoisotopic (exact) mass is 432 g/mol. The number of rotatable bonds is 13. The van der Waals surface area contributed by atoms with Gasteiger partial charge in [-0.25, -0.2) is 0 Å². The van der Waals surface area contributed by atoms with E-state index < -0.39 is 6.10 Å². The van der Waals surface area contributed by atoms with E-state index in [9.17, 15) is 9.90 Å². The summed E-state index contributed by atoms with van der Waals surface area (Å²) in [6, 6.07) is 8.62. The molecule has 0 aliphatic carbocycles. The predicted molar refractivity (Wildman–Crippen MR) is 132 cm³/mol. The van der Waals surface area contributed by atoms with E-state index in [2.05, 4.69) is 71.1 Å². The lowest BCUT2D eigenvalue weighted by molar-refractivity contribution is -0.125. The van der Waals surface area contributed by atoms with Gasteiger partial charge >= 0.3 is 0 Å². The van der Waals surface area contributed by atoms with E-state index in [1.165, 1.54) is 11.1 Å². The number of amides is 1. The molecule has 0 aliphatic heterocycles. The molecule has 0 saturated heterocycles. The summed E-state index contributed by atoms with van der Waals surface area (Å²) in [7, 11) is 0. The van der Waals surface area contributed by atoms with Crippen molar-refractivity contribution < 1.29 is 9.90 Å². The smallest absolute Gasteiger partial charge is 0.222 e. The van der Waals surface area contributed by atoms with Gasteiger partial charge in [-0.3, -0.25) is 4.79 Å². The van der Waals surface area contributed by atoms with Gasteiger partial charge in [0, 0.05) is 18.5 Å². The quantitative estimate of drug-likeness (QED) is 0.375. The maximum absolute atomic E-state index is 12.2. The van der Waals surface area contributed by atoms with E-state index in [4.69, 9.17) is 5.73 Å². The maximum atomic E-state index is 12.2. The lowest BCUT2D eigenvalue weighted by atomic mass is 9.82. The molecule has 0 spiro atoms. The third-order valence-corrected chi connectivity index (χ3v) is 6.12. The van der Waals surface area contributed by atoms with Crippen LogP contribution in [-0.4, -0.2) is 29.7 Å². The van der Waals surface area contributed by atoms with Gasteiger partial charge < -0.3 is 16.2 Å². The highest BCUT2D eigenvalue weighted by molar-refractivity contribution is 5.78. The number of hydrogen-bond acceptors (Lipinski definition) is 3. The Morgan fingerprint density at radius 2 is 1.68 bits per heavy atom. The topological polar surface area (TPSA) is 75.3 Å². The van der Waals surface area contributed by atoms with Gasteiger partial charge in [-0.15, -0.1) is 0 Å². The summed E-state index contributed by atoms with van der Waals surface area (Å²) in [4.78, 5) is 12.2. The lowest BCUT2D eigenvalue weighted by Crippen LogP contribution is -2.40. The molecule has 0 aliphatic rings. The Kier molecular flexibility index (Phi) is 11.8. The van der Waals surface area contributed by atoms with Crippen LogP contribution in [0.15, 0.2) is 24.3 Å². The number of benzene rings is 1. The first-order chi connectivity index (χ1) is 14.4. The number of aliphatic hydroxyl groups is 1. The van der Waals surface area contributed by atoms with E-state index in [1.807, 2.05) is 6.92 Å². The molecule has 4 N–H and O–H groups in total. The van der Waals surface area contributed by atoms with Crippen LogP contribution in [0.5, 0.6) is 0 Å². The normalized spacial score (nSPS) is 16.1. The summed E-state index contributed by atoms with van der Waals surface area (Å²) < 4.78 is 0. The van der Waals surface area contributed by atoms with Crippen molar-refractivity contribution in [3.63, 3.8) is 0 Å². The molecule has 1 aromatic rings. The standard InChI is InChI=1S/C27H48N2O2/c1-8-9-14-29-26(31)20(4)16-25(30)24(28)18-22(15-19(2)3)17-21-10-12-23(13-11-21)27(5,6)7/h10-13,19-20,22,24-25,30H,8-9,14-18,28H2,1-7H3,(H,29,31)/t20?,22-,24-,25-/m0/s1. The van der Waals surface area contributed by atoms with Gasteiger partial charge in [0.15, 0.2) is 0 Å². The zero-order valence-corrected chi connectivity index (χ0v) is 21.1. The molecule has 0 fully saturated rings. The molecule has 1 unspecified atom stereocenters. The van der Waals surface area contributed by atoms with Crippen LogP contribution in [0.2, 0.25) is 0 Å². The molecule has 0 saturated carbocycles. The number of carbonyl (C=O) groups excluding carboxylic acids is 1. The molecular formula is C27H48N2O2. The summed E-state index contributed by atoms with van der Waals surface area (Å²) >= 11 is 0. The Balaban J connectivity index is 2.68. The first-order valence-electron chi connectivity index (χ1n) is 12.2. The minimum absolute atomic E-state index is 0.0115. The summed E-state index contributed by atoms with van der Waals surface area (Å²) in [5, 5.41) is 13.6. The van der Waals surface area contributed by atoms with Gasteiger partial charge in [0.2, 0.25) is 5.91 Å². The fourth-order valence-electron chi connectivity index (χ4n) is 4.15. The van der Waals surface area contributed by atoms with E-state index in [0.29, 0.717) is 24.8 Å². The molecule has 4 nitrogen and oxygen atoms in total. The Hall–Kier alpha value is -1.39. The molecule has 1 rings (SSSR count). The van der Waals surface area contributed by atoms with Crippen LogP contribution in [0.1, 0.15) is 91.7 Å². The van der Waals surface area contributed by atoms with Crippen molar-refractivity contribution in [2.75, 3.05) is 6.54 Å². The zero-order valence-electron chi connectivity index (χ0n) is 21.1. The van der Waals surface area contributed by atoms with Crippen LogP contribution >= 0.6 is 0 Å². The van der Waals surface area contributed by atoms with Gasteiger partial charge in [0.1, 0.15) is 0 Å². The Morgan fingerprint density at radius 3 is 2.19 bits per heavy atom. The van der Waals surface area contributed by atoms with Crippen LogP contribution in [0, 0.1) is 17.8 Å². The molecule has 0 bridgehead atoms. The van der Waals surface area contributed by atoms with Crippen LogP contribution in [0.25, 0.3) is 0 Å². The zero-order chi connectivity index (χ0) is 23.6. The fourth-order valence-corrected chi connectivity index (χ4v) is 4.15. The second-order valence-electron chi connectivity index (χ2n) is 10.9. The molecule has 1 amide bonds. The first kappa shape index (κ1) is 27.6. The van der Waals surface area contributed by atoms with Gasteiger partial charge in [-0.05, 0) is 60.5 Å². The molecule has 4 atom stereocenters. The van der Waals surface area contributed by atoms with Crippen LogP contribution in [0.3, 0.4) is 0 Å². The number of carbonyl (C=O) groups is 1. The highest BCUT2D eigenvalue weighted by Crippen LogP contribution is 2.26. The molecule has 31 heavy (non-hydrogen) atoms. The van der Waals surface area contributed by atoms with Crippen LogP contribution in [0.4, 0.5) is 0 Å². The van der Waals surface area contributed by atoms with Crippen molar-refractivity contribution in [1.29, 1.82) is 0 Å². The van der Waals surface area contributed by atoms with Crippen LogP contribution < -0.4 is 11.1 Å². The number of hydrogen-bond donors (Lipinski definition) is 3. The van der Waals surface area contributed by atoms with Gasteiger partial charge in [-0.1, -0.05) is 79.2 Å². The number of nitrogens with one attached hydrogen (secondary N) is 1. The second-order valence-corrected chi connectivity index (χ2v) is 10.9. The van der Waals surface area contributed by atoms with Crippen molar-refractivity contribution in [3.8, 4) is 0 Å². The Morgan fingerprint density at radius 1 is 1.06 bits per heavy atom. The molecule has 4 heteroatoms. The molecule has 0 radical (unpaired) electrons. The van der Waals surface area contributed by atoms with Crippen molar-refractivity contribution in [2.45, 2.75) is 105 Å². The molecular weight excluding hydrogens is 384 g/mol. The Labute approximate surface area is 191 Å². The van der Waals surface area contributed by atoms with E-state index in [1.54, 1.807) is 0 Å². The largest absolute Gasteiger partial charge is 0.391 e. The minimum Gasteiger partial charge on any atom is -0.391 e. The predicted octanol–water partition coefficient (Wildman–Crippen LogP) is 5.21. The third-order valence-electron chi connectivity index (χ3n) is 6.12. The lowest BCUT2D eigenvalue weighted by Gasteiger charge is -2.27. The van der Waals surface area contributed by atoms with Crippen molar-refractivity contribution in [3.05, 3.63) is 35.4 Å². The summed E-state index contributed by atoms with van der Waals surface area (Å²) in [6.07, 6.45) is 4.60. The third kappa shape index (κ3) is 10.7. The van der Waals surface area contributed by atoms with Gasteiger partial charge in [0.05, 0.1) is 6.10 Å². The first-order valence-corrected chi connectivity index (χ1v) is 12.2. The van der Waals surface area contributed by atoms with Crippen molar-refractivity contribution in [1.82, 2.24) is 5.32 Å². The number of nitrogens with two attached hydrogens (primary N) is 1. The summed E-state index contributed by atoms with van der Waals surface area (Å²) in [6.45, 7) is 15.8. The maximum Gasteiger partial charge on any atom is 0.222 e. The van der Waals surface area contributed by atoms with E-state index in [0.717, 1.165) is 32.1 Å². The van der Waals surface area contributed by atoms with Gasteiger partial charge in [-0.2, -0.15) is 0 Å². The summed E-state index contributed by atoms with van der Waals surface area (Å²) in [5.41, 5.74) is 9.24. The fraction of sp³-hybridized carbons (Fsp3) is 0.741. The SMILES string of the molecule is CCCCNC(=O)C(C)C[C@H](O)[C@@H](N)C[C@H](Cc1ccc(C(C)(C)C)cc1)CC(C)C. The average molecular weight is 433 g/mol. The summed E-state index contributed by atoms with van der Waals surface area (Å²) in [5.74, 6) is 0.772. The molecule has 0 aromatic heterocycles. The van der Waals surface area contributed by atoms with E-state index in [-0.39, 0.29) is 23.3 Å². The highest BCUT2D eigenvalue weighted by Gasteiger charge is 2.25. The number of aliphatic hydroxyl groups excluding tert-OH is 1. The van der Waals surface area contributed by atoms with Crippen molar-refractivity contribution in [2.24, 2.45) is 23.5 Å². The Bertz CT molecular complexity index is 634.